The number of carbonyl (C=O) groups is 2. The smallest absolute Gasteiger partial charge is 0.317 e. The van der Waals surface area contributed by atoms with Crippen LogP contribution in [0.4, 0.5) is 4.79 Å². The molecule has 20 heavy (non-hydrogen) atoms. The van der Waals surface area contributed by atoms with E-state index in [1.165, 1.54) is 10.4 Å². The third-order valence-corrected chi connectivity index (χ3v) is 4.82. The number of likely N-dealkylation sites (tertiary alicyclic amines) is 1. The average Bonchev–Trinajstić information content (AvgIpc) is 2.94. The molecule has 1 unspecified atom stereocenters. The summed E-state index contributed by atoms with van der Waals surface area (Å²) in [7, 11) is 0. The van der Waals surface area contributed by atoms with Gasteiger partial charge in [0.25, 0.3) is 0 Å². The van der Waals surface area contributed by atoms with Gasteiger partial charge in [0, 0.05) is 29.3 Å². The minimum atomic E-state index is -0.790. The number of urea groups is 1. The number of carboxylic acids is 1. The van der Waals surface area contributed by atoms with Gasteiger partial charge in [0.1, 0.15) is 0 Å². The van der Waals surface area contributed by atoms with Crippen molar-refractivity contribution in [3.8, 4) is 0 Å². The number of carboxylic acid groups (broad SMARTS) is 1. The van der Waals surface area contributed by atoms with Crippen LogP contribution in [0.5, 0.6) is 0 Å². The van der Waals surface area contributed by atoms with Gasteiger partial charge >= 0.3 is 12.0 Å². The highest BCUT2D eigenvalue weighted by Gasteiger charge is 2.27. The van der Waals surface area contributed by atoms with E-state index < -0.39 is 5.97 Å². The number of carbonyl (C=O) groups excluding carboxylic acids is 1. The van der Waals surface area contributed by atoms with E-state index in [2.05, 4.69) is 25.2 Å². The summed E-state index contributed by atoms with van der Waals surface area (Å²) >= 11 is 1.70. The molecule has 0 aliphatic carbocycles. The van der Waals surface area contributed by atoms with Crippen LogP contribution >= 0.6 is 11.3 Å². The molecule has 2 amide bonds. The van der Waals surface area contributed by atoms with Gasteiger partial charge in [-0.1, -0.05) is 0 Å². The zero-order valence-corrected chi connectivity index (χ0v) is 12.6. The van der Waals surface area contributed by atoms with E-state index >= 15 is 0 Å². The Morgan fingerprint density at radius 3 is 2.85 bits per heavy atom. The molecule has 0 spiro atoms. The third-order valence-electron chi connectivity index (χ3n) is 3.67. The first-order chi connectivity index (χ1) is 9.45. The Hall–Kier alpha value is -1.56. The minimum absolute atomic E-state index is 0.0875. The Kier molecular flexibility index (Phi) is 4.65. The molecule has 1 atom stereocenters. The van der Waals surface area contributed by atoms with E-state index in [0.29, 0.717) is 19.6 Å². The lowest BCUT2D eigenvalue weighted by atomic mass is 10.1. The monoisotopic (exact) mass is 296 g/mol. The lowest BCUT2D eigenvalue weighted by Gasteiger charge is -2.16. The molecule has 110 valence electrons. The van der Waals surface area contributed by atoms with Crippen LogP contribution in [-0.2, 0) is 11.3 Å². The Balaban J connectivity index is 1.79. The fraction of sp³-hybridized carbons (Fsp3) is 0.571. The lowest BCUT2D eigenvalue weighted by Crippen LogP contribution is -2.38. The normalized spacial score (nSPS) is 18.3. The number of hydrogen-bond donors (Lipinski definition) is 2. The second-order valence-corrected chi connectivity index (χ2v) is 6.65. The van der Waals surface area contributed by atoms with Crippen molar-refractivity contribution in [1.29, 1.82) is 0 Å². The Labute approximate surface area is 122 Å². The highest BCUT2D eigenvalue weighted by molar-refractivity contribution is 7.12. The van der Waals surface area contributed by atoms with Crippen molar-refractivity contribution >= 4 is 23.3 Å². The summed E-state index contributed by atoms with van der Waals surface area (Å²) in [4.78, 5) is 26.8. The van der Waals surface area contributed by atoms with E-state index in [9.17, 15) is 9.59 Å². The maximum Gasteiger partial charge on any atom is 0.317 e. The van der Waals surface area contributed by atoms with Gasteiger partial charge in [-0.3, -0.25) is 4.79 Å². The molecule has 2 rings (SSSR count). The number of amides is 2. The molecule has 1 saturated heterocycles. The van der Waals surface area contributed by atoms with Crippen molar-refractivity contribution in [2.75, 3.05) is 13.1 Å². The number of aliphatic carboxylic acids is 1. The van der Waals surface area contributed by atoms with Gasteiger partial charge in [0.05, 0.1) is 6.54 Å². The number of thiophene rings is 1. The first-order valence-electron chi connectivity index (χ1n) is 6.76. The fourth-order valence-corrected chi connectivity index (χ4v) is 3.44. The fourth-order valence-electron chi connectivity index (χ4n) is 2.44. The molecule has 6 heteroatoms. The van der Waals surface area contributed by atoms with E-state index in [4.69, 9.17) is 5.11 Å². The van der Waals surface area contributed by atoms with Crippen LogP contribution in [0, 0.1) is 19.8 Å². The van der Waals surface area contributed by atoms with Crippen molar-refractivity contribution in [3.63, 3.8) is 0 Å². The van der Waals surface area contributed by atoms with Crippen LogP contribution in [0.1, 0.15) is 28.2 Å². The van der Waals surface area contributed by atoms with E-state index in [0.717, 1.165) is 11.3 Å². The first-order valence-corrected chi connectivity index (χ1v) is 7.58. The van der Waals surface area contributed by atoms with Gasteiger partial charge in [-0.05, 0) is 37.8 Å². The van der Waals surface area contributed by atoms with Gasteiger partial charge in [-0.2, -0.15) is 0 Å². The third kappa shape index (κ3) is 3.72. The highest BCUT2D eigenvalue weighted by Crippen LogP contribution is 2.21. The van der Waals surface area contributed by atoms with E-state index in [-0.39, 0.29) is 18.4 Å². The van der Waals surface area contributed by atoms with E-state index in [1.54, 1.807) is 16.2 Å². The van der Waals surface area contributed by atoms with Gasteiger partial charge in [-0.25, -0.2) is 4.79 Å². The van der Waals surface area contributed by atoms with E-state index in [1.807, 2.05) is 0 Å². The van der Waals surface area contributed by atoms with Crippen LogP contribution in [-0.4, -0.2) is 35.1 Å². The maximum atomic E-state index is 12.0. The number of aryl methyl sites for hydroxylation is 2. The van der Waals surface area contributed by atoms with Crippen LogP contribution < -0.4 is 5.32 Å². The summed E-state index contributed by atoms with van der Waals surface area (Å²) in [5.74, 6) is -0.703. The molecule has 2 heterocycles. The largest absolute Gasteiger partial charge is 0.481 e. The molecule has 0 aromatic carbocycles. The summed E-state index contributed by atoms with van der Waals surface area (Å²) in [6.45, 7) is 5.86. The molecule has 0 bridgehead atoms. The summed E-state index contributed by atoms with van der Waals surface area (Å²) in [6.07, 6.45) is 0.921. The molecule has 1 aromatic heterocycles. The summed E-state index contributed by atoms with van der Waals surface area (Å²) in [6, 6.07) is 2.00. The van der Waals surface area contributed by atoms with Crippen molar-refractivity contribution in [3.05, 3.63) is 21.4 Å². The van der Waals surface area contributed by atoms with Crippen molar-refractivity contribution in [2.24, 2.45) is 5.92 Å². The highest BCUT2D eigenvalue weighted by atomic mass is 32.1. The number of rotatable bonds is 4. The SMILES string of the molecule is Cc1cc(CNC(=O)N2CCC(CC(=O)O)C2)sc1C. The molecule has 1 aliphatic heterocycles. The van der Waals surface area contributed by atoms with Crippen molar-refractivity contribution < 1.29 is 14.7 Å². The standard InChI is InChI=1S/C14H20N2O3S/c1-9-5-12(20-10(9)2)7-15-14(19)16-4-3-11(8-16)6-13(17)18/h5,11H,3-4,6-8H2,1-2H3,(H,15,19)(H,17,18). The van der Waals surface area contributed by atoms with Gasteiger partial charge in [-0.15, -0.1) is 11.3 Å². The second kappa shape index (κ2) is 6.26. The lowest BCUT2D eigenvalue weighted by molar-refractivity contribution is -0.138. The van der Waals surface area contributed by atoms with Crippen molar-refractivity contribution in [2.45, 2.75) is 33.2 Å². The predicted molar refractivity (Wildman–Crippen MR) is 78.0 cm³/mol. The molecular weight excluding hydrogens is 276 g/mol. The molecule has 1 aliphatic rings. The zero-order valence-electron chi connectivity index (χ0n) is 11.8. The molecule has 0 saturated carbocycles. The molecule has 0 radical (unpaired) electrons. The quantitative estimate of drug-likeness (QED) is 0.896. The summed E-state index contributed by atoms with van der Waals surface area (Å²) in [5, 5.41) is 11.7. The van der Waals surface area contributed by atoms with Crippen LogP contribution in [0.15, 0.2) is 6.07 Å². The summed E-state index contributed by atoms with van der Waals surface area (Å²) < 4.78 is 0. The molecule has 5 nitrogen and oxygen atoms in total. The first kappa shape index (κ1) is 14.8. The molecular formula is C14H20N2O3S. The summed E-state index contributed by atoms with van der Waals surface area (Å²) in [5.41, 5.74) is 1.25. The Bertz CT molecular complexity index is 493. The zero-order chi connectivity index (χ0) is 14.7. The van der Waals surface area contributed by atoms with Crippen LogP contribution in [0.3, 0.4) is 0 Å². The van der Waals surface area contributed by atoms with Crippen LogP contribution in [0.2, 0.25) is 0 Å². The average molecular weight is 296 g/mol. The molecule has 1 fully saturated rings. The van der Waals surface area contributed by atoms with Gasteiger partial charge in [0.2, 0.25) is 0 Å². The predicted octanol–water partition coefficient (Wildman–Crippen LogP) is 2.37. The van der Waals surface area contributed by atoms with Gasteiger partial charge < -0.3 is 15.3 Å². The molecule has 1 aromatic rings. The topological polar surface area (TPSA) is 69.6 Å². The Morgan fingerprint density at radius 1 is 1.50 bits per heavy atom. The second-order valence-electron chi connectivity index (χ2n) is 5.31. The maximum absolute atomic E-state index is 12.0. The number of nitrogens with zero attached hydrogens (tertiary/aromatic N) is 1. The number of nitrogens with one attached hydrogen (secondary N) is 1. The number of hydrogen-bond acceptors (Lipinski definition) is 3. The van der Waals surface area contributed by atoms with Gasteiger partial charge in [0.15, 0.2) is 0 Å². The minimum Gasteiger partial charge on any atom is -0.481 e. The Morgan fingerprint density at radius 2 is 2.25 bits per heavy atom. The molecule has 2 N–H and O–H groups in total. The van der Waals surface area contributed by atoms with Crippen molar-refractivity contribution in [1.82, 2.24) is 10.2 Å². The van der Waals surface area contributed by atoms with Crippen LogP contribution in [0.25, 0.3) is 0 Å².